The van der Waals surface area contributed by atoms with E-state index in [9.17, 15) is 8.42 Å². The minimum atomic E-state index is -3.44. The van der Waals surface area contributed by atoms with E-state index < -0.39 is 10.0 Å². The molecule has 1 atom stereocenters. The van der Waals surface area contributed by atoms with Crippen LogP contribution < -0.4 is 5.14 Å². The van der Waals surface area contributed by atoms with Gasteiger partial charge in [-0.2, -0.15) is 0 Å². The van der Waals surface area contributed by atoms with E-state index in [0.29, 0.717) is 12.5 Å². The summed E-state index contributed by atoms with van der Waals surface area (Å²) in [4.78, 5) is 0. The maximum Gasteiger partial charge on any atom is 0.209 e. The Morgan fingerprint density at radius 2 is 1.80 bits per heavy atom. The summed E-state index contributed by atoms with van der Waals surface area (Å²) in [5.74, 6) is 0.611. The van der Waals surface area contributed by atoms with Gasteiger partial charge in [-0.15, -0.1) is 0 Å². The lowest BCUT2D eigenvalue weighted by molar-refractivity contribution is 0.0281. The average molecular weight is 305 g/mol. The van der Waals surface area contributed by atoms with Crippen LogP contribution in [0, 0.1) is 11.3 Å². The molecule has 0 aromatic carbocycles. The van der Waals surface area contributed by atoms with E-state index in [2.05, 4.69) is 13.8 Å². The maximum absolute atomic E-state index is 11.5. The van der Waals surface area contributed by atoms with Crippen LogP contribution in [0.25, 0.3) is 0 Å². The molecule has 1 saturated carbocycles. The molecule has 1 fully saturated rings. The monoisotopic (exact) mass is 305 g/mol. The van der Waals surface area contributed by atoms with Crippen LogP contribution in [0.5, 0.6) is 0 Å². The lowest BCUT2D eigenvalue weighted by atomic mass is 9.83. The van der Waals surface area contributed by atoms with Crippen LogP contribution in [0.15, 0.2) is 0 Å². The topological polar surface area (TPSA) is 69.4 Å². The number of sulfonamides is 1. The molecule has 0 aromatic rings. The van der Waals surface area contributed by atoms with Crippen molar-refractivity contribution in [3.05, 3.63) is 0 Å². The normalized spacial score (nSPS) is 21.4. The molecule has 5 heteroatoms. The number of hydrogen-bond acceptors (Lipinski definition) is 3. The Labute approximate surface area is 124 Å². The summed E-state index contributed by atoms with van der Waals surface area (Å²) in [5, 5.41) is 5.30. The van der Waals surface area contributed by atoms with Crippen LogP contribution in [-0.2, 0) is 14.8 Å². The standard InChI is InChI=1S/C15H31NO3S/c1-3-8-14(2)11-19-12-15(13-20(16,17)18)9-6-4-5-7-10-15/h14H,3-13H2,1-2H3,(H2,16,17,18). The molecule has 20 heavy (non-hydrogen) atoms. The van der Waals surface area contributed by atoms with Crippen LogP contribution in [0.4, 0.5) is 0 Å². The van der Waals surface area contributed by atoms with Crippen molar-refractivity contribution in [3.8, 4) is 0 Å². The molecule has 0 radical (unpaired) electrons. The molecule has 0 saturated heterocycles. The molecule has 0 heterocycles. The molecule has 1 aliphatic carbocycles. The van der Waals surface area contributed by atoms with Crippen LogP contribution in [0.1, 0.15) is 65.2 Å². The molecule has 2 N–H and O–H groups in total. The van der Waals surface area contributed by atoms with Crippen molar-refractivity contribution in [2.75, 3.05) is 19.0 Å². The van der Waals surface area contributed by atoms with E-state index in [1.54, 1.807) is 0 Å². The van der Waals surface area contributed by atoms with Gasteiger partial charge in [-0.3, -0.25) is 0 Å². The van der Waals surface area contributed by atoms with Crippen LogP contribution in [0.3, 0.4) is 0 Å². The molecular formula is C15H31NO3S. The molecule has 0 aliphatic heterocycles. The van der Waals surface area contributed by atoms with Crippen molar-refractivity contribution in [1.82, 2.24) is 0 Å². The minimum absolute atomic E-state index is 0.0716. The third kappa shape index (κ3) is 7.04. The second kappa shape index (κ2) is 8.35. The fourth-order valence-electron chi connectivity index (χ4n) is 3.29. The van der Waals surface area contributed by atoms with Gasteiger partial charge in [0.25, 0.3) is 0 Å². The zero-order chi connectivity index (χ0) is 15.1. The summed E-state index contributed by atoms with van der Waals surface area (Å²) in [6, 6.07) is 0. The van der Waals surface area contributed by atoms with Gasteiger partial charge in [0.05, 0.1) is 12.4 Å². The van der Waals surface area contributed by atoms with Crippen LogP contribution in [-0.4, -0.2) is 27.4 Å². The fourth-order valence-corrected chi connectivity index (χ4v) is 4.51. The summed E-state index contributed by atoms with van der Waals surface area (Å²) < 4.78 is 28.9. The van der Waals surface area contributed by atoms with E-state index in [0.717, 1.165) is 45.1 Å². The Kier molecular flexibility index (Phi) is 7.48. The average Bonchev–Trinajstić information content (AvgIpc) is 2.53. The van der Waals surface area contributed by atoms with Crippen LogP contribution in [0.2, 0.25) is 0 Å². The smallest absolute Gasteiger partial charge is 0.209 e. The van der Waals surface area contributed by atoms with Crippen molar-refractivity contribution in [1.29, 1.82) is 0 Å². The number of primary sulfonamides is 1. The maximum atomic E-state index is 11.5. The number of rotatable bonds is 8. The predicted molar refractivity (Wildman–Crippen MR) is 83.0 cm³/mol. The Morgan fingerprint density at radius 1 is 1.20 bits per heavy atom. The van der Waals surface area contributed by atoms with Gasteiger partial charge in [0.15, 0.2) is 0 Å². The highest BCUT2D eigenvalue weighted by Gasteiger charge is 2.35. The SMILES string of the molecule is CCCC(C)COCC1(CS(N)(=O)=O)CCCCCC1. The van der Waals surface area contributed by atoms with Gasteiger partial charge in [0.1, 0.15) is 0 Å². The molecule has 0 aromatic heterocycles. The summed E-state index contributed by atoms with van der Waals surface area (Å²) in [6.07, 6.45) is 8.72. The molecule has 120 valence electrons. The van der Waals surface area contributed by atoms with Crippen molar-refractivity contribution < 1.29 is 13.2 Å². The quantitative estimate of drug-likeness (QED) is 0.701. The molecule has 1 aliphatic rings. The Morgan fingerprint density at radius 3 is 2.30 bits per heavy atom. The zero-order valence-corrected chi connectivity index (χ0v) is 13.9. The Hall–Kier alpha value is -0.130. The van der Waals surface area contributed by atoms with E-state index >= 15 is 0 Å². The van der Waals surface area contributed by atoms with Crippen molar-refractivity contribution >= 4 is 10.0 Å². The second-order valence-corrected chi connectivity index (χ2v) is 8.24. The lowest BCUT2D eigenvalue weighted by Crippen LogP contribution is -2.37. The van der Waals surface area contributed by atoms with Crippen molar-refractivity contribution in [2.45, 2.75) is 65.2 Å². The first-order chi connectivity index (χ1) is 9.37. The number of hydrogen-bond donors (Lipinski definition) is 1. The summed E-state index contributed by atoms with van der Waals surface area (Å²) in [6.45, 7) is 5.62. The third-order valence-corrected chi connectivity index (χ3v) is 5.28. The molecule has 1 unspecified atom stereocenters. The highest BCUT2D eigenvalue weighted by atomic mass is 32.2. The molecule has 1 rings (SSSR count). The van der Waals surface area contributed by atoms with Crippen LogP contribution >= 0.6 is 0 Å². The minimum Gasteiger partial charge on any atom is -0.381 e. The Balaban J connectivity index is 2.58. The first kappa shape index (κ1) is 17.9. The van der Waals surface area contributed by atoms with Gasteiger partial charge in [-0.1, -0.05) is 46.0 Å². The number of nitrogens with two attached hydrogens (primary N) is 1. The largest absolute Gasteiger partial charge is 0.381 e. The third-order valence-electron chi connectivity index (χ3n) is 4.26. The van der Waals surface area contributed by atoms with Gasteiger partial charge in [0.2, 0.25) is 10.0 Å². The van der Waals surface area contributed by atoms with E-state index in [-0.39, 0.29) is 11.2 Å². The molecule has 4 nitrogen and oxygen atoms in total. The fraction of sp³-hybridized carbons (Fsp3) is 1.00. The zero-order valence-electron chi connectivity index (χ0n) is 13.1. The van der Waals surface area contributed by atoms with E-state index in [1.165, 1.54) is 12.8 Å². The second-order valence-electron chi connectivity index (χ2n) is 6.63. The number of ether oxygens (including phenoxy) is 1. The van der Waals surface area contributed by atoms with Gasteiger partial charge < -0.3 is 4.74 Å². The first-order valence-corrected chi connectivity index (χ1v) is 9.67. The highest BCUT2D eigenvalue weighted by molar-refractivity contribution is 7.89. The van der Waals surface area contributed by atoms with Gasteiger partial charge >= 0.3 is 0 Å². The summed E-state index contributed by atoms with van der Waals surface area (Å²) in [7, 11) is -3.44. The Bertz CT molecular complexity index is 359. The molecule has 0 bridgehead atoms. The summed E-state index contributed by atoms with van der Waals surface area (Å²) >= 11 is 0. The van der Waals surface area contributed by atoms with Gasteiger partial charge in [-0.25, -0.2) is 13.6 Å². The molecule has 0 amide bonds. The predicted octanol–water partition coefficient (Wildman–Crippen LogP) is 3.07. The molecule has 0 spiro atoms. The van der Waals surface area contributed by atoms with Crippen molar-refractivity contribution in [2.24, 2.45) is 16.5 Å². The molecular weight excluding hydrogens is 274 g/mol. The van der Waals surface area contributed by atoms with Gasteiger partial charge in [0, 0.05) is 12.0 Å². The van der Waals surface area contributed by atoms with Gasteiger partial charge in [-0.05, 0) is 25.2 Å². The highest BCUT2D eigenvalue weighted by Crippen LogP contribution is 2.36. The van der Waals surface area contributed by atoms with E-state index in [1.807, 2.05) is 0 Å². The lowest BCUT2D eigenvalue weighted by Gasteiger charge is -2.32. The summed E-state index contributed by atoms with van der Waals surface area (Å²) in [5.41, 5.74) is -0.254. The first-order valence-electron chi connectivity index (χ1n) is 7.95. The van der Waals surface area contributed by atoms with Crippen molar-refractivity contribution in [3.63, 3.8) is 0 Å². The van der Waals surface area contributed by atoms with E-state index in [4.69, 9.17) is 9.88 Å².